The molecule has 0 heterocycles. The van der Waals surface area contributed by atoms with Crippen molar-refractivity contribution in [1.29, 1.82) is 0 Å². The topological polar surface area (TPSA) is 75.7 Å². The summed E-state index contributed by atoms with van der Waals surface area (Å²) in [5, 5.41) is 2.80. The number of aryl methyl sites for hydroxylation is 1. The van der Waals surface area contributed by atoms with E-state index in [0.29, 0.717) is 23.7 Å². The lowest BCUT2D eigenvalue weighted by atomic mass is 10.1. The van der Waals surface area contributed by atoms with Gasteiger partial charge in [-0.25, -0.2) is 8.42 Å². The van der Waals surface area contributed by atoms with Gasteiger partial charge in [0.25, 0.3) is 0 Å². The van der Waals surface area contributed by atoms with Gasteiger partial charge < -0.3 is 10.1 Å². The number of nitrogens with zero attached hydrogens (tertiary/aromatic N) is 1. The van der Waals surface area contributed by atoms with Crippen molar-refractivity contribution in [3.05, 3.63) is 90.5 Å². The predicted octanol–water partition coefficient (Wildman–Crippen LogP) is 3.99. The predicted molar refractivity (Wildman–Crippen MR) is 123 cm³/mol. The summed E-state index contributed by atoms with van der Waals surface area (Å²) in [7, 11) is -3.63. The quantitative estimate of drug-likeness (QED) is 0.486. The van der Waals surface area contributed by atoms with Gasteiger partial charge in [0.05, 0.1) is 11.9 Å². The first-order chi connectivity index (χ1) is 14.9. The summed E-state index contributed by atoms with van der Waals surface area (Å²) in [5.41, 5.74) is 1.61. The number of amides is 1. The lowest BCUT2D eigenvalue weighted by Gasteiger charge is -2.22. The zero-order valence-corrected chi connectivity index (χ0v) is 18.2. The smallest absolute Gasteiger partial charge is 0.240 e. The normalized spacial score (nSPS) is 11.0. The molecule has 0 radical (unpaired) electrons. The Morgan fingerprint density at radius 2 is 1.45 bits per heavy atom. The van der Waals surface area contributed by atoms with Crippen molar-refractivity contribution in [2.45, 2.75) is 12.8 Å². The minimum Gasteiger partial charge on any atom is -0.457 e. The van der Waals surface area contributed by atoms with Gasteiger partial charge in [-0.05, 0) is 54.8 Å². The third kappa shape index (κ3) is 7.15. The number of carbonyl (C=O) groups excluding carboxylic acids is 1. The van der Waals surface area contributed by atoms with E-state index in [4.69, 9.17) is 4.74 Å². The van der Waals surface area contributed by atoms with Crippen LogP contribution in [0.15, 0.2) is 84.9 Å². The van der Waals surface area contributed by atoms with E-state index in [1.54, 1.807) is 24.3 Å². The second kappa shape index (κ2) is 10.6. The van der Waals surface area contributed by atoms with E-state index < -0.39 is 10.0 Å². The Labute approximate surface area is 183 Å². The Morgan fingerprint density at radius 3 is 2.06 bits per heavy atom. The van der Waals surface area contributed by atoms with Crippen molar-refractivity contribution in [2.75, 3.05) is 23.7 Å². The van der Waals surface area contributed by atoms with Crippen LogP contribution in [-0.4, -0.2) is 33.7 Å². The SMILES string of the molecule is CS(=O)(=O)N(CC(=O)NCCCc1ccccc1)c1ccc(Oc2ccccc2)cc1. The van der Waals surface area contributed by atoms with Crippen LogP contribution in [0.5, 0.6) is 11.5 Å². The van der Waals surface area contributed by atoms with Crippen LogP contribution in [0.1, 0.15) is 12.0 Å². The molecule has 0 spiro atoms. The van der Waals surface area contributed by atoms with Gasteiger partial charge in [-0.3, -0.25) is 9.10 Å². The average molecular weight is 439 g/mol. The minimum absolute atomic E-state index is 0.275. The molecule has 0 saturated heterocycles. The monoisotopic (exact) mass is 438 g/mol. The van der Waals surface area contributed by atoms with Gasteiger partial charge in [0.15, 0.2) is 0 Å². The molecule has 0 aliphatic carbocycles. The number of hydrogen-bond donors (Lipinski definition) is 1. The van der Waals surface area contributed by atoms with E-state index in [0.717, 1.165) is 23.4 Å². The summed E-state index contributed by atoms with van der Waals surface area (Å²) in [5.74, 6) is 0.918. The molecule has 3 rings (SSSR count). The molecule has 7 heteroatoms. The van der Waals surface area contributed by atoms with Gasteiger partial charge in [-0.1, -0.05) is 48.5 Å². The molecule has 0 atom stereocenters. The first-order valence-electron chi connectivity index (χ1n) is 10.0. The molecule has 0 bridgehead atoms. The number of rotatable bonds is 10. The first-order valence-corrected chi connectivity index (χ1v) is 11.9. The van der Waals surface area contributed by atoms with Gasteiger partial charge in [0, 0.05) is 6.54 Å². The number of carbonyl (C=O) groups is 1. The molecule has 0 fully saturated rings. The van der Waals surface area contributed by atoms with Gasteiger partial charge >= 0.3 is 0 Å². The highest BCUT2D eigenvalue weighted by atomic mass is 32.2. The largest absolute Gasteiger partial charge is 0.457 e. The highest BCUT2D eigenvalue weighted by Crippen LogP contribution is 2.25. The molecule has 0 aliphatic rings. The number of para-hydroxylation sites is 1. The molecule has 6 nitrogen and oxygen atoms in total. The Balaban J connectivity index is 1.56. The number of ether oxygens (including phenoxy) is 1. The van der Waals surface area contributed by atoms with Gasteiger partial charge in [-0.15, -0.1) is 0 Å². The number of anilines is 1. The fourth-order valence-electron chi connectivity index (χ4n) is 3.06. The van der Waals surface area contributed by atoms with Gasteiger partial charge in [-0.2, -0.15) is 0 Å². The Morgan fingerprint density at radius 1 is 0.871 bits per heavy atom. The molecule has 0 aromatic heterocycles. The molecule has 31 heavy (non-hydrogen) atoms. The van der Waals surface area contributed by atoms with Gasteiger partial charge in [0.2, 0.25) is 15.9 Å². The van der Waals surface area contributed by atoms with Crippen molar-refractivity contribution in [3.63, 3.8) is 0 Å². The Bertz CT molecular complexity index is 1070. The van der Waals surface area contributed by atoms with Crippen molar-refractivity contribution in [2.24, 2.45) is 0 Å². The maximum absolute atomic E-state index is 12.4. The number of hydrogen-bond acceptors (Lipinski definition) is 4. The van der Waals surface area contributed by atoms with Crippen molar-refractivity contribution in [1.82, 2.24) is 5.32 Å². The zero-order valence-electron chi connectivity index (χ0n) is 17.4. The highest BCUT2D eigenvalue weighted by molar-refractivity contribution is 7.92. The molecule has 3 aromatic rings. The fraction of sp³-hybridized carbons (Fsp3) is 0.208. The maximum Gasteiger partial charge on any atom is 0.240 e. The van der Waals surface area contributed by atoms with Crippen LogP contribution in [0, 0.1) is 0 Å². The lowest BCUT2D eigenvalue weighted by Crippen LogP contribution is -2.40. The van der Waals surface area contributed by atoms with E-state index >= 15 is 0 Å². The molecule has 162 valence electrons. The first kappa shape index (κ1) is 22.4. The second-order valence-electron chi connectivity index (χ2n) is 7.12. The van der Waals surface area contributed by atoms with Crippen LogP contribution < -0.4 is 14.4 Å². The standard InChI is InChI=1S/C24H26N2O4S/c1-31(28,29)26(19-24(27)25-18-8-11-20-9-4-2-5-10-20)21-14-16-23(17-15-21)30-22-12-6-3-7-13-22/h2-7,9-10,12-17H,8,11,18-19H2,1H3,(H,25,27). The second-order valence-corrected chi connectivity index (χ2v) is 9.02. The van der Waals surface area contributed by atoms with Crippen LogP contribution >= 0.6 is 0 Å². The maximum atomic E-state index is 12.4. The summed E-state index contributed by atoms with van der Waals surface area (Å²) in [6.45, 7) is 0.207. The van der Waals surface area contributed by atoms with E-state index in [-0.39, 0.29) is 12.5 Å². The number of sulfonamides is 1. The Hall–Kier alpha value is -3.32. The molecule has 0 aliphatic heterocycles. The summed E-state index contributed by atoms with van der Waals surface area (Å²) in [4.78, 5) is 12.4. The van der Waals surface area contributed by atoms with Crippen LogP contribution in [0.25, 0.3) is 0 Å². The lowest BCUT2D eigenvalue weighted by molar-refractivity contribution is -0.119. The minimum atomic E-state index is -3.63. The van der Waals surface area contributed by atoms with Crippen LogP contribution in [0.4, 0.5) is 5.69 Å². The van der Waals surface area contributed by atoms with Crippen molar-refractivity contribution >= 4 is 21.6 Å². The van der Waals surface area contributed by atoms with Gasteiger partial charge in [0.1, 0.15) is 18.0 Å². The Kier molecular flexibility index (Phi) is 7.67. The molecule has 0 saturated carbocycles. The summed E-state index contributed by atoms with van der Waals surface area (Å²) in [6, 6.07) is 25.9. The van der Waals surface area contributed by atoms with E-state index in [2.05, 4.69) is 5.32 Å². The molecule has 3 aromatic carbocycles. The third-order valence-corrected chi connectivity index (χ3v) is 5.74. The molecule has 1 amide bonds. The van der Waals surface area contributed by atoms with Crippen LogP contribution in [0.3, 0.4) is 0 Å². The average Bonchev–Trinajstić information content (AvgIpc) is 2.76. The van der Waals surface area contributed by atoms with Crippen molar-refractivity contribution in [3.8, 4) is 11.5 Å². The molecular weight excluding hydrogens is 412 g/mol. The van der Waals surface area contributed by atoms with E-state index in [1.807, 2.05) is 60.7 Å². The molecular formula is C24H26N2O4S. The number of benzene rings is 3. The number of nitrogens with one attached hydrogen (secondary N) is 1. The van der Waals surface area contributed by atoms with Crippen molar-refractivity contribution < 1.29 is 17.9 Å². The highest BCUT2D eigenvalue weighted by Gasteiger charge is 2.20. The summed E-state index contributed by atoms with van der Waals surface area (Å²) >= 11 is 0. The molecule has 0 unspecified atom stereocenters. The summed E-state index contributed by atoms with van der Waals surface area (Å²) in [6.07, 6.45) is 2.71. The van der Waals surface area contributed by atoms with Crippen LogP contribution in [0.2, 0.25) is 0 Å². The summed E-state index contributed by atoms with van der Waals surface area (Å²) < 4.78 is 31.4. The van der Waals surface area contributed by atoms with E-state index in [9.17, 15) is 13.2 Å². The third-order valence-electron chi connectivity index (χ3n) is 4.60. The van der Waals surface area contributed by atoms with E-state index in [1.165, 1.54) is 5.56 Å². The fourth-order valence-corrected chi connectivity index (χ4v) is 3.91. The molecule has 1 N–H and O–H groups in total. The zero-order chi connectivity index (χ0) is 22.1. The van der Waals surface area contributed by atoms with Crippen LogP contribution in [-0.2, 0) is 21.2 Å².